The number of aromatic nitrogens is 2. The Morgan fingerprint density at radius 3 is 2.91 bits per heavy atom. The molecule has 0 bridgehead atoms. The predicted octanol–water partition coefficient (Wildman–Crippen LogP) is 1.21. The lowest BCUT2D eigenvalue weighted by atomic mass is 10.3. The zero-order chi connectivity index (χ0) is 8.27. The zero-order valence-electron chi connectivity index (χ0n) is 6.67. The summed E-state index contributed by atoms with van der Waals surface area (Å²) >= 11 is 2.28. The van der Waals surface area contributed by atoms with Crippen LogP contribution in [0, 0.1) is 3.57 Å². The first-order chi connectivity index (χ1) is 5.24. The van der Waals surface area contributed by atoms with Crippen LogP contribution in [0.2, 0.25) is 0 Å². The van der Waals surface area contributed by atoms with Gasteiger partial charge < -0.3 is 4.74 Å². The molecule has 0 aliphatic rings. The Labute approximate surface area is 79.9 Å². The Bertz CT molecular complexity index is 234. The molecule has 11 heavy (non-hydrogen) atoms. The molecular weight excluding hydrogens is 255 g/mol. The van der Waals surface area contributed by atoms with Gasteiger partial charge in [0, 0.05) is 26.8 Å². The van der Waals surface area contributed by atoms with E-state index in [-0.39, 0.29) is 0 Å². The first kappa shape index (κ1) is 8.99. The van der Waals surface area contributed by atoms with Gasteiger partial charge in [-0.3, -0.25) is 4.68 Å². The SMILES string of the molecule is COCCc1nn(C)cc1I. The van der Waals surface area contributed by atoms with Crippen molar-refractivity contribution in [1.29, 1.82) is 0 Å². The van der Waals surface area contributed by atoms with Gasteiger partial charge in [-0.25, -0.2) is 0 Å². The third-order valence-corrected chi connectivity index (χ3v) is 2.30. The molecule has 1 heterocycles. The average Bonchev–Trinajstić information content (AvgIpc) is 2.26. The van der Waals surface area contributed by atoms with E-state index in [0.29, 0.717) is 0 Å². The van der Waals surface area contributed by atoms with Crippen LogP contribution in [-0.2, 0) is 18.2 Å². The van der Waals surface area contributed by atoms with Crippen molar-refractivity contribution in [3.05, 3.63) is 15.5 Å². The first-order valence-electron chi connectivity index (χ1n) is 3.41. The molecule has 0 radical (unpaired) electrons. The monoisotopic (exact) mass is 266 g/mol. The number of methoxy groups -OCH3 is 1. The van der Waals surface area contributed by atoms with Crippen molar-refractivity contribution in [2.45, 2.75) is 6.42 Å². The Hall–Kier alpha value is -0.100. The molecule has 0 fully saturated rings. The Balaban J connectivity index is 2.62. The zero-order valence-corrected chi connectivity index (χ0v) is 8.83. The number of rotatable bonds is 3. The van der Waals surface area contributed by atoms with Crippen LogP contribution in [0.3, 0.4) is 0 Å². The Morgan fingerprint density at radius 2 is 2.45 bits per heavy atom. The first-order valence-corrected chi connectivity index (χ1v) is 4.49. The van der Waals surface area contributed by atoms with Crippen LogP contribution in [0.15, 0.2) is 6.20 Å². The topological polar surface area (TPSA) is 27.1 Å². The van der Waals surface area contributed by atoms with E-state index in [4.69, 9.17) is 4.74 Å². The van der Waals surface area contributed by atoms with Crippen LogP contribution in [0.1, 0.15) is 5.69 Å². The van der Waals surface area contributed by atoms with Gasteiger partial charge in [-0.1, -0.05) is 0 Å². The summed E-state index contributed by atoms with van der Waals surface area (Å²) < 4.78 is 7.99. The summed E-state index contributed by atoms with van der Waals surface area (Å²) in [5.74, 6) is 0. The van der Waals surface area contributed by atoms with Crippen molar-refractivity contribution in [2.75, 3.05) is 13.7 Å². The molecule has 0 aliphatic heterocycles. The highest BCUT2D eigenvalue weighted by molar-refractivity contribution is 14.1. The number of halogens is 1. The largest absolute Gasteiger partial charge is 0.384 e. The molecule has 1 rings (SSSR count). The highest BCUT2D eigenvalue weighted by Crippen LogP contribution is 2.09. The van der Waals surface area contributed by atoms with Crippen LogP contribution in [0.25, 0.3) is 0 Å². The lowest BCUT2D eigenvalue weighted by Crippen LogP contribution is -1.97. The summed E-state index contributed by atoms with van der Waals surface area (Å²) in [6, 6.07) is 0. The predicted molar refractivity (Wildman–Crippen MR) is 51.5 cm³/mol. The molecule has 1 aromatic heterocycles. The van der Waals surface area contributed by atoms with Crippen molar-refractivity contribution in [3.63, 3.8) is 0 Å². The standard InChI is InChI=1S/C7H11IN2O/c1-10-5-6(8)7(9-10)3-4-11-2/h5H,3-4H2,1-2H3. The maximum Gasteiger partial charge on any atom is 0.0780 e. The lowest BCUT2D eigenvalue weighted by molar-refractivity contribution is 0.201. The second-order valence-electron chi connectivity index (χ2n) is 2.34. The molecule has 0 aromatic carbocycles. The lowest BCUT2D eigenvalue weighted by Gasteiger charge is -1.94. The van der Waals surface area contributed by atoms with Crippen LogP contribution < -0.4 is 0 Å². The molecule has 0 amide bonds. The molecule has 3 nitrogen and oxygen atoms in total. The van der Waals surface area contributed by atoms with Gasteiger partial charge in [-0.05, 0) is 22.6 Å². The summed E-state index contributed by atoms with van der Waals surface area (Å²) in [6.07, 6.45) is 2.90. The minimum Gasteiger partial charge on any atom is -0.384 e. The summed E-state index contributed by atoms with van der Waals surface area (Å²) in [4.78, 5) is 0. The van der Waals surface area contributed by atoms with Gasteiger partial charge in [0.1, 0.15) is 0 Å². The second kappa shape index (κ2) is 4.06. The van der Waals surface area contributed by atoms with Gasteiger partial charge in [-0.2, -0.15) is 5.10 Å². The smallest absolute Gasteiger partial charge is 0.0780 e. The molecule has 0 unspecified atom stereocenters. The molecule has 1 aromatic rings. The van der Waals surface area contributed by atoms with Gasteiger partial charge in [-0.15, -0.1) is 0 Å². The number of ether oxygens (including phenoxy) is 1. The maximum atomic E-state index is 4.96. The molecule has 0 N–H and O–H groups in total. The highest BCUT2D eigenvalue weighted by Gasteiger charge is 2.02. The van der Waals surface area contributed by atoms with Crippen molar-refractivity contribution < 1.29 is 4.74 Å². The summed E-state index contributed by atoms with van der Waals surface area (Å²) in [7, 11) is 3.63. The fourth-order valence-corrected chi connectivity index (χ4v) is 1.65. The maximum absolute atomic E-state index is 4.96. The fraction of sp³-hybridized carbons (Fsp3) is 0.571. The molecule has 4 heteroatoms. The molecule has 0 spiro atoms. The van der Waals surface area contributed by atoms with Crippen LogP contribution in [-0.4, -0.2) is 23.5 Å². The molecule has 62 valence electrons. The van der Waals surface area contributed by atoms with Crippen LogP contribution in [0.4, 0.5) is 0 Å². The summed E-state index contributed by atoms with van der Waals surface area (Å²) in [5, 5.41) is 4.28. The van der Waals surface area contributed by atoms with Crippen molar-refractivity contribution in [2.24, 2.45) is 7.05 Å². The number of hydrogen-bond donors (Lipinski definition) is 0. The number of nitrogens with zero attached hydrogens (tertiary/aromatic N) is 2. The van der Waals surface area contributed by atoms with E-state index in [9.17, 15) is 0 Å². The highest BCUT2D eigenvalue weighted by atomic mass is 127. The van der Waals surface area contributed by atoms with Gasteiger partial charge >= 0.3 is 0 Å². The minimum atomic E-state index is 0.743. The van der Waals surface area contributed by atoms with Crippen molar-refractivity contribution in [3.8, 4) is 0 Å². The number of hydrogen-bond acceptors (Lipinski definition) is 2. The third-order valence-electron chi connectivity index (χ3n) is 1.40. The van der Waals surface area contributed by atoms with Crippen molar-refractivity contribution in [1.82, 2.24) is 9.78 Å². The normalized spacial score (nSPS) is 10.5. The Morgan fingerprint density at radius 1 is 1.73 bits per heavy atom. The van der Waals surface area contributed by atoms with E-state index >= 15 is 0 Å². The van der Waals surface area contributed by atoms with E-state index in [1.54, 1.807) is 7.11 Å². The Kier molecular flexibility index (Phi) is 3.32. The average molecular weight is 266 g/mol. The third kappa shape index (κ3) is 2.44. The summed E-state index contributed by atoms with van der Waals surface area (Å²) in [6.45, 7) is 0.743. The van der Waals surface area contributed by atoms with E-state index < -0.39 is 0 Å². The molecule has 0 atom stereocenters. The molecule has 0 aliphatic carbocycles. The van der Waals surface area contributed by atoms with Gasteiger partial charge in [0.25, 0.3) is 0 Å². The fourth-order valence-electron chi connectivity index (χ4n) is 0.874. The second-order valence-corrected chi connectivity index (χ2v) is 3.50. The van der Waals surface area contributed by atoms with Gasteiger partial charge in [0.2, 0.25) is 0 Å². The van der Waals surface area contributed by atoms with Crippen LogP contribution >= 0.6 is 22.6 Å². The van der Waals surface area contributed by atoms with E-state index in [1.165, 1.54) is 3.57 Å². The molecule has 0 saturated carbocycles. The van der Waals surface area contributed by atoms with Gasteiger partial charge in [0.15, 0.2) is 0 Å². The van der Waals surface area contributed by atoms with E-state index in [1.807, 2.05) is 17.9 Å². The quantitative estimate of drug-likeness (QED) is 0.769. The van der Waals surface area contributed by atoms with Crippen LogP contribution in [0.5, 0.6) is 0 Å². The van der Waals surface area contributed by atoms with Crippen molar-refractivity contribution >= 4 is 22.6 Å². The summed E-state index contributed by atoms with van der Waals surface area (Å²) in [5.41, 5.74) is 1.12. The van der Waals surface area contributed by atoms with Gasteiger partial charge in [0.05, 0.1) is 15.9 Å². The number of aryl methyl sites for hydroxylation is 1. The minimum absolute atomic E-state index is 0.743. The molecular formula is C7H11IN2O. The van der Waals surface area contributed by atoms with E-state index in [2.05, 4.69) is 27.7 Å². The molecule has 0 saturated heterocycles. The van der Waals surface area contributed by atoms with E-state index in [0.717, 1.165) is 18.7 Å².